The normalized spacial score (nSPS) is 21.8. The third kappa shape index (κ3) is 9.38. The monoisotopic (exact) mass is 273 g/mol. The van der Waals surface area contributed by atoms with Crippen molar-refractivity contribution < 1.29 is 14.6 Å². The molecule has 1 aliphatic heterocycles. The summed E-state index contributed by atoms with van der Waals surface area (Å²) in [6.07, 6.45) is 5.75. The summed E-state index contributed by atoms with van der Waals surface area (Å²) in [6.45, 7) is 7.91. The molecule has 1 heterocycles. The largest absolute Gasteiger partial charge is 0.389 e. The van der Waals surface area contributed by atoms with E-state index in [1.807, 2.05) is 0 Å². The zero-order chi connectivity index (χ0) is 13.9. The summed E-state index contributed by atoms with van der Waals surface area (Å²) in [5.41, 5.74) is 0. The molecule has 2 N–H and O–H groups in total. The standard InChI is InChI=1S/C15H31NO3/c1-13(2)6-5-8-18-12-14(17)10-16-11-15-7-3-4-9-19-15/h13-17H,3-12H2,1-2H3. The maximum atomic E-state index is 9.76. The Kier molecular flexibility index (Phi) is 9.43. The second-order valence-corrected chi connectivity index (χ2v) is 5.91. The van der Waals surface area contributed by atoms with Crippen molar-refractivity contribution in [2.75, 3.05) is 32.9 Å². The molecular formula is C15H31NO3. The molecule has 0 bridgehead atoms. The van der Waals surface area contributed by atoms with Crippen molar-refractivity contribution in [1.29, 1.82) is 0 Å². The van der Waals surface area contributed by atoms with E-state index in [-0.39, 0.29) is 0 Å². The van der Waals surface area contributed by atoms with Gasteiger partial charge in [-0.3, -0.25) is 0 Å². The van der Waals surface area contributed by atoms with Crippen LogP contribution in [0.25, 0.3) is 0 Å². The number of ether oxygens (including phenoxy) is 2. The van der Waals surface area contributed by atoms with E-state index in [1.165, 1.54) is 19.3 Å². The molecule has 0 aromatic heterocycles. The molecule has 0 spiro atoms. The van der Waals surface area contributed by atoms with Crippen molar-refractivity contribution in [1.82, 2.24) is 5.32 Å². The summed E-state index contributed by atoms with van der Waals surface area (Å²) in [5, 5.41) is 13.0. The van der Waals surface area contributed by atoms with Crippen LogP contribution in [0.15, 0.2) is 0 Å². The van der Waals surface area contributed by atoms with E-state index in [4.69, 9.17) is 9.47 Å². The number of hydrogen-bond acceptors (Lipinski definition) is 4. The molecule has 0 aromatic carbocycles. The quantitative estimate of drug-likeness (QED) is 0.597. The van der Waals surface area contributed by atoms with Crippen LogP contribution in [0.1, 0.15) is 46.0 Å². The Labute approximate surface area is 117 Å². The van der Waals surface area contributed by atoms with E-state index >= 15 is 0 Å². The van der Waals surface area contributed by atoms with Gasteiger partial charge in [0.2, 0.25) is 0 Å². The van der Waals surface area contributed by atoms with Crippen LogP contribution in [0.4, 0.5) is 0 Å². The predicted octanol–water partition coefficient (Wildman–Crippen LogP) is 1.96. The minimum atomic E-state index is -0.414. The minimum absolute atomic E-state index is 0.327. The summed E-state index contributed by atoms with van der Waals surface area (Å²) >= 11 is 0. The lowest BCUT2D eigenvalue weighted by atomic mass is 10.1. The van der Waals surface area contributed by atoms with Gasteiger partial charge in [0.1, 0.15) is 0 Å². The molecule has 4 nitrogen and oxygen atoms in total. The van der Waals surface area contributed by atoms with Crippen LogP contribution in [0, 0.1) is 5.92 Å². The van der Waals surface area contributed by atoms with Gasteiger partial charge in [-0.25, -0.2) is 0 Å². The van der Waals surface area contributed by atoms with Gasteiger partial charge < -0.3 is 19.9 Å². The molecular weight excluding hydrogens is 242 g/mol. The lowest BCUT2D eigenvalue weighted by Gasteiger charge is -2.23. The van der Waals surface area contributed by atoms with Crippen LogP contribution in [0.2, 0.25) is 0 Å². The molecule has 2 atom stereocenters. The molecule has 19 heavy (non-hydrogen) atoms. The highest BCUT2D eigenvalue weighted by molar-refractivity contribution is 4.68. The topological polar surface area (TPSA) is 50.7 Å². The van der Waals surface area contributed by atoms with Crippen molar-refractivity contribution in [3.8, 4) is 0 Å². The number of aliphatic hydroxyl groups excluding tert-OH is 1. The van der Waals surface area contributed by atoms with E-state index < -0.39 is 6.10 Å². The molecule has 1 fully saturated rings. The molecule has 0 saturated carbocycles. The third-order valence-corrected chi connectivity index (χ3v) is 3.41. The molecule has 0 amide bonds. The molecule has 4 heteroatoms. The van der Waals surface area contributed by atoms with Crippen molar-refractivity contribution in [3.05, 3.63) is 0 Å². The highest BCUT2D eigenvalue weighted by atomic mass is 16.5. The van der Waals surface area contributed by atoms with E-state index in [2.05, 4.69) is 19.2 Å². The molecule has 0 radical (unpaired) electrons. The molecule has 2 unspecified atom stereocenters. The zero-order valence-electron chi connectivity index (χ0n) is 12.6. The van der Waals surface area contributed by atoms with Crippen LogP contribution < -0.4 is 5.32 Å². The lowest BCUT2D eigenvalue weighted by molar-refractivity contribution is 0.00909. The maximum absolute atomic E-state index is 9.76. The Morgan fingerprint density at radius 2 is 2.21 bits per heavy atom. The fourth-order valence-electron chi connectivity index (χ4n) is 2.25. The van der Waals surface area contributed by atoms with Gasteiger partial charge >= 0.3 is 0 Å². The van der Waals surface area contributed by atoms with Gasteiger partial charge in [-0.05, 0) is 38.0 Å². The molecule has 0 aliphatic carbocycles. The average Bonchev–Trinajstić information content (AvgIpc) is 2.39. The Hall–Kier alpha value is -0.160. The van der Waals surface area contributed by atoms with Crippen LogP contribution in [0.5, 0.6) is 0 Å². The number of hydrogen-bond donors (Lipinski definition) is 2. The SMILES string of the molecule is CC(C)CCCOCC(O)CNCC1CCCCO1. The van der Waals surface area contributed by atoms with E-state index in [0.29, 0.717) is 19.3 Å². The fourth-order valence-corrected chi connectivity index (χ4v) is 2.25. The summed E-state index contributed by atoms with van der Waals surface area (Å²) in [6, 6.07) is 0. The van der Waals surface area contributed by atoms with E-state index in [9.17, 15) is 5.11 Å². The molecule has 1 rings (SSSR count). The number of nitrogens with one attached hydrogen (secondary N) is 1. The van der Waals surface area contributed by atoms with Crippen LogP contribution in [0.3, 0.4) is 0 Å². The van der Waals surface area contributed by atoms with Gasteiger partial charge in [-0.2, -0.15) is 0 Å². The highest BCUT2D eigenvalue weighted by Gasteiger charge is 2.13. The summed E-state index contributed by atoms with van der Waals surface area (Å²) in [7, 11) is 0. The molecule has 0 aromatic rings. The third-order valence-electron chi connectivity index (χ3n) is 3.41. The van der Waals surface area contributed by atoms with Crippen molar-refractivity contribution in [2.24, 2.45) is 5.92 Å². The number of rotatable bonds is 10. The Balaban J connectivity index is 1.88. The minimum Gasteiger partial charge on any atom is -0.389 e. The van der Waals surface area contributed by atoms with Gasteiger partial charge in [0, 0.05) is 26.3 Å². The van der Waals surface area contributed by atoms with Gasteiger partial charge in [0.05, 0.1) is 18.8 Å². The fraction of sp³-hybridized carbons (Fsp3) is 1.00. The zero-order valence-corrected chi connectivity index (χ0v) is 12.6. The first-order valence-electron chi connectivity index (χ1n) is 7.76. The number of aliphatic hydroxyl groups is 1. The first-order chi connectivity index (χ1) is 9.18. The first-order valence-corrected chi connectivity index (χ1v) is 7.76. The van der Waals surface area contributed by atoms with Crippen molar-refractivity contribution in [3.63, 3.8) is 0 Å². The van der Waals surface area contributed by atoms with E-state index in [0.717, 1.165) is 38.5 Å². The second kappa shape index (κ2) is 10.6. The maximum Gasteiger partial charge on any atom is 0.0897 e. The Morgan fingerprint density at radius 1 is 1.37 bits per heavy atom. The van der Waals surface area contributed by atoms with E-state index in [1.54, 1.807) is 0 Å². The predicted molar refractivity (Wildman–Crippen MR) is 77.4 cm³/mol. The van der Waals surface area contributed by atoms with Crippen molar-refractivity contribution >= 4 is 0 Å². The Bertz CT molecular complexity index is 206. The van der Waals surface area contributed by atoms with Crippen LogP contribution in [-0.2, 0) is 9.47 Å². The lowest BCUT2D eigenvalue weighted by Crippen LogP contribution is -2.37. The smallest absolute Gasteiger partial charge is 0.0897 e. The Morgan fingerprint density at radius 3 is 2.89 bits per heavy atom. The second-order valence-electron chi connectivity index (χ2n) is 5.91. The van der Waals surface area contributed by atoms with Gasteiger partial charge in [0.25, 0.3) is 0 Å². The summed E-state index contributed by atoms with van der Waals surface area (Å²) in [4.78, 5) is 0. The van der Waals surface area contributed by atoms with Gasteiger partial charge in [-0.1, -0.05) is 13.8 Å². The molecule has 114 valence electrons. The van der Waals surface area contributed by atoms with Crippen LogP contribution in [-0.4, -0.2) is 50.2 Å². The summed E-state index contributed by atoms with van der Waals surface area (Å²) < 4.78 is 11.1. The average molecular weight is 273 g/mol. The van der Waals surface area contributed by atoms with Gasteiger partial charge in [0.15, 0.2) is 0 Å². The van der Waals surface area contributed by atoms with Crippen molar-refractivity contribution in [2.45, 2.75) is 58.2 Å². The molecule has 1 aliphatic rings. The highest BCUT2D eigenvalue weighted by Crippen LogP contribution is 2.11. The van der Waals surface area contributed by atoms with Crippen LogP contribution >= 0.6 is 0 Å². The van der Waals surface area contributed by atoms with Gasteiger partial charge in [-0.15, -0.1) is 0 Å². The summed E-state index contributed by atoms with van der Waals surface area (Å²) in [5.74, 6) is 0.727. The molecule has 1 saturated heterocycles. The first kappa shape index (κ1) is 16.9.